The minimum Gasteiger partial charge on any atom is -0.496 e. The molecule has 0 bridgehead atoms. The fourth-order valence-electron chi connectivity index (χ4n) is 3.86. The number of carbonyl (C=O) groups is 1. The Kier molecular flexibility index (Phi) is 5.93. The number of amides is 1. The van der Waals surface area contributed by atoms with Crippen LogP contribution in [0.25, 0.3) is 17.0 Å². The summed E-state index contributed by atoms with van der Waals surface area (Å²) in [5.74, 6) is 1.19. The van der Waals surface area contributed by atoms with E-state index in [1.165, 1.54) is 4.90 Å². The summed E-state index contributed by atoms with van der Waals surface area (Å²) in [5, 5.41) is 4.38. The maximum Gasteiger partial charge on any atom is 0.281 e. The minimum atomic E-state index is -0.202. The molecule has 1 fully saturated rings. The average Bonchev–Trinajstić information content (AvgIpc) is 3.15. The van der Waals surface area contributed by atoms with E-state index in [1.807, 2.05) is 78.9 Å². The van der Waals surface area contributed by atoms with E-state index < -0.39 is 0 Å². The molecule has 2 heterocycles. The molecule has 0 unspecified atom stereocenters. The Morgan fingerprint density at radius 2 is 1.82 bits per heavy atom. The predicted molar refractivity (Wildman–Crippen MR) is 137 cm³/mol. The van der Waals surface area contributed by atoms with Crippen molar-refractivity contribution in [3.8, 4) is 11.5 Å². The molecule has 1 aliphatic rings. The van der Waals surface area contributed by atoms with E-state index >= 15 is 0 Å². The van der Waals surface area contributed by atoms with Crippen LogP contribution >= 0.6 is 12.2 Å². The summed E-state index contributed by atoms with van der Waals surface area (Å²) in [4.78, 5) is 18.9. The van der Waals surface area contributed by atoms with Gasteiger partial charge in [0.2, 0.25) is 0 Å². The summed E-state index contributed by atoms with van der Waals surface area (Å²) in [5.41, 5.74) is 3.60. The van der Waals surface area contributed by atoms with Gasteiger partial charge in [-0.1, -0.05) is 42.5 Å². The van der Waals surface area contributed by atoms with Crippen LogP contribution in [0.2, 0.25) is 0 Å². The summed E-state index contributed by atoms with van der Waals surface area (Å²) < 4.78 is 11.6. The highest BCUT2D eigenvalue weighted by Gasteiger charge is 2.31. The molecule has 5 rings (SSSR count). The van der Waals surface area contributed by atoms with E-state index in [0.29, 0.717) is 22.3 Å². The Morgan fingerprint density at radius 1 is 1.00 bits per heavy atom. The predicted octanol–water partition coefficient (Wildman–Crippen LogP) is 5.08. The van der Waals surface area contributed by atoms with Crippen LogP contribution in [0.3, 0.4) is 0 Å². The summed E-state index contributed by atoms with van der Waals surface area (Å²) in [7, 11) is 1.62. The Bertz CT molecular complexity index is 1410. The van der Waals surface area contributed by atoms with Crippen LogP contribution < -0.4 is 19.7 Å². The maximum atomic E-state index is 13.0. The molecule has 0 atom stereocenters. The van der Waals surface area contributed by atoms with E-state index in [0.717, 1.165) is 27.7 Å². The number of pyridine rings is 1. The number of fused-ring (bicyclic) bond motifs is 1. The van der Waals surface area contributed by atoms with Crippen LogP contribution in [0.4, 0.5) is 5.69 Å². The highest BCUT2D eigenvalue weighted by molar-refractivity contribution is 7.80. The van der Waals surface area contributed by atoms with Crippen molar-refractivity contribution in [1.82, 2.24) is 10.3 Å². The molecule has 0 aliphatic carbocycles. The zero-order chi connectivity index (χ0) is 23.5. The molecule has 0 spiro atoms. The number of anilines is 1. The number of hydrogen-bond donors (Lipinski definition) is 1. The molecule has 1 aliphatic heterocycles. The van der Waals surface area contributed by atoms with Crippen LogP contribution in [0.15, 0.2) is 90.8 Å². The molecule has 1 N–H and O–H groups in total. The minimum absolute atomic E-state index is 0.202. The van der Waals surface area contributed by atoms with Crippen molar-refractivity contribution >= 4 is 45.9 Å². The number of methoxy groups -OCH3 is 1. The first-order valence-electron chi connectivity index (χ1n) is 10.7. The normalized spacial score (nSPS) is 14.5. The van der Waals surface area contributed by atoms with Gasteiger partial charge in [0, 0.05) is 17.1 Å². The van der Waals surface area contributed by atoms with E-state index in [-0.39, 0.29) is 12.5 Å². The number of hydrogen-bond acceptors (Lipinski definition) is 5. The standard InChI is InChI=1S/C27H21N3O3S/c1-32-23-13-12-18(16-22-26(31)30(27(34)29-22)21-9-3-2-4-10-21)15-20(23)17-33-24-11-5-7-19-8-6-14-28-25(19)24/h2-16H,17H2,1H3,(H,29,34)/b22-16+. The van der Waals surface area contributed by atoms with Gasteiger partial charge in [-0.25, -0.2) is 0 Å². The molecule has 1 saturated heterocycles. The number of aromatic nitrogens is 1. The molecule has 1 aromatic heterocycles. The van der Waals surface area contributed by atoms with Gasteiger partial charge in [-0.05, 0) is 60.3 Å². The second-order valence-corrected chi connectivity index (χ2v) is 8.04. The van der Waals surface area contributed by atoms with E-state index in [1.54, 1.807) is 19.4 Å². The van der Waals surface area contributed by atoms with Crippen LogP contribution in [-0.4, -0.2) is 23.1 Å². The number of ether oxygens (including phenoxy) is 2. The number of benzene rings is 3. The van der Waals surface area contributed by atoms with E-state index in [2.05, 4.69) is 10.3 Å². The number of thiocarbonyl (C=S) groups is 1. The van der Waals surface area contributed by atoms with Crippen molar-refractivity contribution in [2.75, 3.05) is 12.0 Å². The lowest BCUT2D eigenvalue weighted by Crippen LogP contribution is -2.30. The van der Waals surface area contributed by atoms with Gasteiger partial charge in [0.05, 0.1) is 12.8 Å². The first-order chi connectivity index (χ1) is 16.6. The van der Waals surface area contributed by atoms with Crippen LogP contribution in [0.5, 0.6) is 11.5 Å². The SMILES string of the molecule is COc1ccc(/C=C2/NC(=S)N(c3ccccc3)C2=O)cc1COc1cccc2cccnc12. The lowest BCUT2D eigenvalue weighted by atomic mass is 10.1. The van der Waals surface area contributed by atoms with Crippen LogP contribution in [0, 0.1) is 0 Å². The molecule has 34 heavy (non-hydrogen) atoms. The first kappa shape index (κ1) is 21.6. The molecule has 168 valence electrons. The van der Waals surface area contributed by atoms with Gasteiger partial charge in [0.1, 0.15) is 29.3 Å². The summed E-state index contributed by atoms with van der Waals surface area (Å²) >= 11 is 5.40. The largest absolute Gasteiger partial charge is 0.496 e. The summed E-state index contributed by atoms with van der Waals surface area (Å²) in [6, 6.07) is 24.7. The fraction of sp³-hybridized carbons (Fsp3) is 0.0741. The van der Waals surface area contributed by atoms with Crippen molar-refractivity contribution in [3.63, 3.8) is 0 Å². The lowest BCUT2D eigenvalue weighted by Gasteiger charge is -2.13. The van der Waals surface area contributed by atoms with Crippen molar-refractivity contribution in [2.24, 2.45) is 0 Å². The number of nitrogens with one attached hydrogen (secondary N) is 1. The first-order valence-corrected chi connectivity index (χ1v) is 11.1. The topological polar surface area (TPSA) is 63.7 Å². The number of para-hydroxylation sites is 2. The third kappa shape index (κ3) is 4.21. The lowest BCUT2D eigenvalue weighted by molar-refractivity contribution is -0.113. The zero-order valence-electron chi connectivity index (χ0n) is 18.4. The quantitative estimate of drug-likeness (QED) is 0.315. The van der Waals surface area contributed by atoms with Crippen molar-refractivity contribution in [1.29, 1.82) is 0 Å². The number of carbonyl (C=O) groups excluding carboxylic acids is 1. The molecule has 7 heteroatoms. The Hall–Kier alpha value is -4.23. The van der Waals surface area contributed by atoms with Crippen LogP contribution in [-0.2, 0) is 11.4 Å². The Morgan fingerprint density at radius 3 is 2.65 bits per heavy atom. The fourth-order valence-corrected chi connectivity index (χ4v) is 4.16. The third-order valence-corrected chi connectivity index (χ3v) is 5.77. The highest BCUT2D eigenvalue weighted by atomic mass is 32.1. The molecular weight excluding hydrogens is 446 g/mol. The number of rotatable bonds is 6. The molecule has 0 radical (unpaired) electrons. The Balaban J connectivity index is 1.40. The van der Waals surface area contributed by atoms with Gasteiger partial charge in [-0.2, -0.15) is 0 Å². The van der Waals surface area contributed by atoms with Gasteiger partial charge in [-0.15, -0.1) is 0 Å². The van der Waals surface area contributed by atoms with Gasteiger partial charge >= 0.3 is 0 Å². The van der Waals surface area contributed by atoms with Crippen molar-refractivity contribution < 1.29 is 14.3 Å². The average molecular weight is 468 g/mol. The molecule has 6 nitrogen and oxygen atoms in total. The van der Waals surface area contributed by atoms with Crippen LogP contribution in [0.1, 0.15) is 11.1 Å². The van der Waals surface area contributed by atoms with Gasteiger partial charge in [0.25, 0.3) is 5.91 Å². The molecule has 4 aromatic rings. The smallest absolute Gasteiger partial charge is 0.281 e. The second kappa shape index (κ2) is 9.33. The molecule has 3 aromatic carbocycles. The third-order valence-electron chi connectivity index (χ3n) is 5.49. The molecule has 1 amide bonds. The molecular formula is C27H21N3O3S. The highest BCUT2D eigenvalue weighted by Crippen LogP contribution is 2.28. The van der Waals surface area contributed by atoms with Gasteiger partial charge < -0.3 is 14.8 Å². The second-order valence-electron chi connectivity index (χ2n) is 7.66. The van der Waals surface area contributed by atoms with E-state index in [4.69, 9.17) is 21.7 Å². The summed E-state index contributed by atoms with van der Waals surface area (Å²) in [6.45, 7) is 0.284. The monoisotopic (exact) mass is 467 g/mol. The summed E-state index contributed by atoms with van der Waals surface area (Å²) in [6.07, 6.45) is 3.53. The maximum absolute atomic E-state index is 13.0. The zero-order valence-corrected chi connectivity index (χ0v) is 19.2. The van der Waals surface area contributed by atoms with Crippen molar-refractivity contribution in [3.05, 3.63) is 102 Å². The van der Waals surface area contributed by atoms with Gasteiger partial charge in [0.15, 0.2) is 5.11 Å². The Labute approximate surface area is 202 Å². The molecule has 0 saturated carbocycles. The number of nitrogens with zero attached hydrogens (tertiary/aromatic N) is 2. The van der Waals surface area contributed by atoms with Crippen molar-refractivity contribution in [2.45, 2.75) is 6.61 Å². The van der Waals surface area contributed by atoms with Gasteiger partial charge in [-0.3, -0.25) is 14.7 Å². The van der Waals surface area contributed by atoms with E-state index in [9.17, 15) is 4.79 Å².